The fraction of sp³-hybridized carbons (Fsp3) is 0.182. The molecule has 0 aliphatic carbocycles. The highest BCUT2D eigenvalue weighted by molar-refractivity contribution is 5.84. The molecule has 0 radical (unpaired) electrons. The topological polar surface area (TPSA) is 47.8 Å². The van der Waals surface area contributed by atoms with Gasteiger partial charge in [-0.15, -0.1) is 10.2 Å². The van der Waals surface area contributed by atoms with Crippen LogP contribution < -0.4 is 0 Å². The van der Waals surface area contributed by atoms with Crippen molar-refractivity contribution in [3.8, 4) is 5.69 Å². The first-order chi connectivity index (χ1) is 7.34. The maximum Gasteiger partial charge on any atom is 0.144 e. The van der Waals surface area contributed by atoms with Gasteiger partial charge in [-0.1, -0.05) is 18.2 Å². The number of nitrogens with zero attached hydrogens (tertiary/aromatic N) is 3. The molecule has 0 bridgehead atoms. The fourth-order valence-corrected chi connectivity index (χ4v) is 1.93. The van der Waals surface area contributed by atoms with Gasteiger partial charge in [-0.3, -0.25) is 9.36 Å². The molecule has 3 rings (SSSR count). The quantitative estimate of drug-likeness (QED) is 0.634. The van der Waals surface area contributed by atoms with E-state index < -0.39 is 0 Å². The summed E-state index contributed by atoms with van der Waals surface area (Å²) in [5, 5.41) is 7.80. The van der Waals surface area contributed by atoms with Gasteiger partial charge < -0.3 is 0 Å². The second-order valence-electron chi connectivity index (χ2n) is 3.64. The van der Waals surface area contributed by atoms with E-state index in [-0.39, 0.29) is 5.78 Å². The van der Waals surface area contributed by atoms with Crippen LogP contribution in [0.5, 0.6) is 0 Å². The van der Waals surface area contributed by atoms with E-state index in [1.54, 1.807) is 6.33 Å². The molecule has 0 saturated carbocycles. The first-order valence-corrected chi connectivity index (χ1v) is 4.83. The van der Waals surface area contributed by atoms with Gasteiger partial charge in [-0.25, -0.2) is 0 Å². The SMILES string of the molecule is O=C1Cc2ccccc2-n2cnnc2C1. The lowest BCUT2D eigenvalue weighted by Gasteiger charge is -2.05. The molecule has 1 aliphatic heterocycles. The number of hydrogen-bond acceptors (Lipinski definition) is 3. The summed E-state index contributed by atoms with van der Waals surface area (Å²) in [6, 6.07) is 7.86. The number of rotatable bonds is 0. The highest BCUT2D eigenvalue weighted by Crippen LogP contribution is 2.20. The molecule has 0 amide bonds. The van der Waals surface area contributed by atoms with E-state index in [9.17, 15) is 4.79 Å². The molecule has 4 nitrogen and oxygen atoms in total. The van der Waals surface area contributed by atoms with Crippen molar-refractivity contribution in [3.63, 3.8) is 0 Å². The van der Waals surface area contributed by atoms with E-state index in [0.29, 0.717) is 12.8 Å². The van der Waals surface area contributed by atoms with Crippen LogP contribution in [0.4, 0.5) is 0 Å². The van der Waals surface area contributed by atoms with Gasteiger partial charge in [0.25, 0.3) is 0 Å². The fourth-order valence-electron chi connectivity index (χ4n) is 1.93. The van der Waals surface area contributed by atoms with E-state index in [0.717, 1.165) is 17.1 Å². The Balaban J connectivity index is 2.29. The number of carbonyl (C=O) groups excluding carboxylic acids is 1. The normalized spacial score (nSPS) is 14.3. The first-order valence-electron chi connectivity index (χ1n) is 4.83. The van der Waals surface area contributed by atoms with Gasteiger partial charge in [-0.2, -0.15) is 0 Å². The number of carbonyl (C=O) groups is 1. The average Bonchev–Trinajstić information content (AvgIpc) is 2.62. The number of para-hydroxylation sites is 1. The molecule has 0 N–H and O–H groups in total. The van der Waals surface area contributed by atoms with Crippen LogP contribution in [-0.2, 0) is 17.6 Å². The average molecular weight is 199 g/mol. The van der Waals surface area contributed by atoms with Gasteiger partial charge >= 0.3 is 0 Å². The lowest BCUT2D eigenvalue weighted by atomic mass is 10.1. The monoisotopic (exact) mass is 199 g/mol. The van der Waals surface area contributed by atoms with Gasteiger partial charge in [0, 0.05) is 6.42 Å². The van der Waals surface area contributed by atoms with Crippen molar-refractivity contribution in [2.24, 2.45) is 0 Å². The van der Waals surface area contributed by atoms with Crippen LogP contribution in [0.3, 0.4) is 0 Å². The van der Waals surface area contributed by atoms with Crippen LogP contribution in [0.15, 0.2) is 30.6 Å². The summed E-state index contributed by atoms with van der Waals surface area (Å²) in [5.74, 6) is 0.916. The molecule has 0 fully saturated rings. The van der Waals surface area contributed by atoms with Crippen LogP contribution in [0, 0.1) is 0 Å². The standard InChI is InChI=1S/C11H9N3O/c15-9-5-8-3-1-2-4-10(8)14-7-12-13-11(14)6-9/h1-4,7H,5-6H2. The smallest absolute Gasteiger partial charge is 0.144 e. The largest absolute Gasteiger partial charge is 0.299 e. The summed E-state index contributed by atoms with van der Waals surface area (Å²) in [6.45, 7) is 0. The summed E-state index contributed by atoms with van der Waals surface area (Å²) < 4.78 is 1.89. The Labute approximate surface area is 86.6 Å². The predicted octanol–water partition coefficient (Wildman–Crippen LogP) is 0.935. The van der Waals surface area contributed by atoms with Gasteiger partial charge in [-0.05, 0) is 11.6 Å². The molecule has 0 saturated heterocycles. The van der Waals surface area contributed by atoms with Crippen LogP contribution >= 0.6 is 0 Å². The van der Waals surface area contributed by atoms with E-state index in [1.807, 2.05) is 28.8 Å². The van der Waals surface area contributed by atoms with E-state index >= 15 is 0 Å². The third-order valence-electron chi connectivity index (χ3n) is 2.61. The molecule has 1 aromatic carbocycles. The Kier molecular flexibility index (Phi) is 1.68. The summed E-state index contributed by atoms with van der Waals surface area (Å²) >= 11 is 0. The Morgan fingerprint density at radius 2 is 2.07 bits per heavy atom. The number of Topliss-reactive ketones (excluding diaryl/α,β-unsaturated/α-hetero) is 1. The molecule has 0 spiro atoms. The molecule has 0 atom stereocenters. The van der Waals surface area contributed by atoms with Crippen molar-refractivity contribution in [2.45, 2.75) is 12.8 Å². The second kappa shape index (κ2) is 3.02. The van der Waals surface area contributed by atoms with Crippen molar-refractivity contribution in [1.29, 1.82) is 0 Å². The number of hydrogen-bond donors (Lipinski definition) is 0. The molecular formula is C11H9N3O. The Morgan fingerprint density at radius 1 is 1.20 bits per heavy atom. The van der Waals surface area contributed by atoms with Crippen molar-refractivity contribution in [2.75, 3.05) is 0 Å². The minimum Gasteiger partial charge on any atom is -0.299 e. The van der Waals surface area contributed by atoms with Crippen molar-refractivity contribution >= 4 is 5.78 Å². The molecule has 4 heteroatoms. The molecule has 1 aromatic heterocycles. The maximum atomic E-state index is 11.6. The third kappa shape index (κ3) is 1.26. The Hall–Kier alpha value is -1.97. The zero-order chi connectivity index (χ0) is 10.3. The summed E-state index contributed by atoms with van der Waals surface area (Å²) in [5.41, 5.74) is 2.06. The number of benzene rings is 1. The van der Waals surface area contributed by atoms with Gasteiger partial charge in [0.05, 0.1) is 12.1 Å². The molecule has 15 heavy (non-hydrogen) atoms. The van der Waals surface area contributed by atoms with Crippen molar-refractivity contribution in [1.82, 2.24) is 14.8 Å². The lowest BCUT2D eigenvalue weighted by Crippen LogP contribution is -2.05. The minimum atomic E-state index is 0.189. The van der Waals surface area contributed by atoms with Crippen molar-refractivity contribution in [3.05, 3.63) is 42.0 Å². The van der Waals surface area contributed by atoms with Crippen LogP contribution in [-0.4, -0.2) is 20.5 Å². The van der Waals surface area contributed by atoms with Crippen LogP contribution in [0.25, 0.3) is 5.69 Å². The summed E-state index contributed by atoms with van der Waals surface area (Å²) in [6.07, 6.45) is 2.51. The third-order valence-corrected chi connectivity index (χ3v) is 2.61. The van der Waals surface area contributed by atoms with E-state index in [1.165, 1.54) is 0 Å². The maximum absolute atomic E-state index is 11.6. The van der Waals surface area contributed by atoms with E-state index in [4.69, 9.17) is 0 Å². The predicted molar refractivity (Wildman–Crippen MR) is 53.8 cm³/mol. The minimum absolute atomic E-state index is 0.189. The molecular weight excluding hydrogens is 190 g/mol. The zero-order valence-corrected chi connectivity index (χ0v) is 8.05. The first kappa shape index (κ1) is 8.35. The second-order valence-corrected chi connectivity index (χ2v) is 3.64. The lowest BCUT2D eigenvalue weighted by molar-refractivity contribution is -0.117. The Bertz CT molecular complexity index is 530. The van der Waals surface area contributed by atoms with Crippen LogP contribution in [0.1, 0.15) is 11.4 Å². The molecule has 0 unspecified atom stereocenters. The number of aromatic nitrogens is 3. The zero-order valence-electron chi connectivity index (χ0n) is 8.05. The number of ketones is 1. The highest BCUT2D eigenvalue weighted by Gasteiger charge is 2.19. The number of fused-ring (bicyclic) bond motifs is 3. The molecule has 2 heterocycles. The summed E-state index contributed by atoms with van der Waals surface area (Å²) in [7, 11) is 0. The molecule has 1 aliphatic rings. The summed E-state index contributed by atoms with van der Waals surface area (Å²) in [4.78, 5) is 11.6. The molecule has 2 aromatic rings. The molecule has 74 valence electrons. The van der Waals surface area contributed by atoms with Crippen molar-refractivity contribution < 1.29 is 4.79 Å². The van der Waals surface area contributed by atoms with E-state index in [2.05, 4.69) is 10.2 Å². The van der Waals surface area contributed by atoms with Gasteiger partial charge in [0.15, 0.2) is 0 Å². The van der Waals surface area contributed by atoms with Gasteiger partial charge in [0.1, 0.15) is 17.9 Å². The Morgan fingerprint density at radius 3 is 3.00 bits per heavy atom. The highest BCUT2D eigenvalue weighted by atomic mass is 16.1. The van der Waals surface area contributed by atoms with Gasteiger partial charge in [0.2, 0.25) is 0 Å². The van der Waals surface area contributed by atoms with Crippen LogP contribution in [0.2, 0.25) is 0 Å².